The molecule has 24 heavy (non-hydrogen) atoms. The normalized spacial score (nSPS) is 10.6. The number of nitrogens with one attached hydrogen (secondary N) is 1. The minimum absolute atomic E-state index is 0.106. The van der Waals surface area contributed by atoms with Gasteiger partial charge in [-0.15, -0.1) is 11.3 Å². The van der Waals surface area contributed by atoms with Crippen molar-refractivity contribution in [3.63, 3.8) is 0 Å². The summed E-state index contributed by atoms with van der Waals surface area (Å²) in [5.74, 6) is 0.00444. The summed E-state index contributed by atoms with van der Waals surface area (Å²) in [5, 5.41) is 9.59. The molecule has 0 aliphatic carbocycles. The first-order chi connectivity index (χ1) is 11.5. The third-order valence-electron chi connectivity index (χ3n) is 3.44. The monoisotopic (exact) mass is 343 g/mol. The lowest BCUT2D eigenvalue weighted by molar-refractivity contribution is 0.0466. The summed E-state index contributed by atoms with van der Waals surface area (Å²) in [7, 11) is 0. The topological polar surface area (TPSA) is 77.3 Å². The van der Waals surface area contributed by atoms with Crippen molar-refractivity contribution < 1.29 is 14.1 Å². The van der Waals surface area contributed by atoms with Gasteiger partial charge in [-0.05, 0) is 32.9 Å². The van der Waals surface area contributed by atoms with Gasteiger partial charge in [0, 0.05) is 11.1 Å². The molecule has 2 aromatic heterocycles. The Morgan fingerprint density at radius 1 is 1.25 bits per heavy atom. The Morgan fingerprint density at radius 3 is 2.67 bits per heavy atom. The minimum Gasteiger partial charge on any atom is -0.455 e. The number of benzene rings is 1. The molecule has 0 amide bonds. The zero-order valence-corrected chi connectivity index (χ0v) is 14.4. The lowest BCUT2D eigenvalue weighted by Gasteiger charge is -2.03. The molecule has 1 aromatic carbocycles. The largest absolute Gasteiger partial charge is 0.455 e. The van der Waals surface area contributed by atoms with E-state index >= 15 is 0 Å². The highest BCUT2D eigenvalue weighted by Crippen LogP contribution is 2.22. The number of rotatable bonds is 5. The minimum atomic E-state index is -0.452. The maximum atomic E-state index is 12.1. The van der Waals surface area contributed by atoms with Crippen LogP contribution in [-0.2, 0) is 11.3 Å². The van der Waals surface area contributed by atoms with Crippen LogP contribution in [0.5, 0.6) is 0 Å². The van der Waals surface area contributed by atoms with E-state index in [1.165, 1.54) is 16.9 Å². The van der Waals surface area contributed by atoms with Gasteiger partial charge in [0.25, 0.3) is 0 Å². The third kappa shape index (κ3) is 3.62. The number of aryl methyl sites for hydroxylation is 3. The number of carbonyl (C=O) groups excluding carboxylic acids is 1. The van der Waals surface area contributed by atoms with Crippen molar-refractivity contribution in [1.29, 1.82) is 0 Å². The highest BCUT2D eigenvalue weighted by molar-refractivity contribution is 7.13. The summed E-state index contributed by atoms with van der Waals surface area (Å²) in [6.45, 7) is 5.54. The fraction of sp³-hybridized carbons (Fsp3) is 0.235. The molecule has 0 saturated carbocycles. The van der Waals surface area contributed by atoms with E-state index < -0.39 is 5.97 Å². The van der Waals surface area contributed by atoms with Gasteiger partial charge in [-0.25, -0.2) is 9.78 Å². The molecule has 7 heteroatoms. The molecule has 0 spiro atoms. The summed E-state index contributed by atoms with van der Waals surface area (Å²) < 4.78 is 10.3. The van der Waals surface area contributed by atoms with Crippen LogP contribution in [0.3, 0.4) is 0 Å². The van der Waals surface area contributed by atoms with Crippen LogP contribution in [0.1, 0.15) is 33.1 Å². The van der Waals surface area contributed by atoms with Crippen molar-refractivity contribution in [1.82, 2.24) is 10.1 Å². The average Bonchev–Trinajstić information content (AvgIpc) is 3.14. The van der Waals surface area contributed by atoms with Crippen LogP contribution in [-0.4, -0.2) is 16.1 Å². The number of nitrogens with zero attached hydrogens (tertiary/aromatic N) is 2. The van der Waals surface area contributed by atoms with Crippen LogP contribution < -0.4 is 5.32 Å². The number of esters is 1. The Morgan fingerprint density at radius 2 is 2.00 bits per heavy atom. The van der Waals surface area contributed by atoms with E-state index in [0.29, 0.717) is 22.7 Å². The molecule has 0 bridgehead atoms. The summed E-state index contributed by atoms with van der Waals surface area (Å²) >= 11 is 1.46. The quantitative estimate of drug-likeness (QED) is 0.701. The van der Waals surface area contributed by atoms with Crippen LogP contribution in [0.25, 0.3) is 0 Å². The van der Waals surface area contributed by atoms with E-state index in [9.17, 15) is 4.79 Å². The Bertz CT molecular complexity index is 833. The Kier molecular flexibility index (Phi) is 4.61. The van der Waals surface area contributed by atoms with Crippen molar-refractivity contribution in [2.75, 3.05) is 5.32 Å². The van der Waals surface area contributed by atoms with Gasteiger partial charge in [0.05, 0.1) is 11.4 Å². The summed E-state index contributed by atoms with van der Waals surface area (Å²) in [4.78, 5) is 16.5. The Labute approximate surface area is 143 Å². The van der Waals surface area contributed by atoms with Gasteiger partial charge in [0.15, 0.2) is 5.13 Å². The van der Waals surface area contributed by atoms with E-state index in [1.54, 1.807) is 13.8 Å². The van der Waals surface area contributed by atoms with Gasteiger partial charge in [-0.2, -0.15) is 0 Å². The standard InChI is InChI=1S/C17H17N3O3S/c1-10-4-6-13(7-5-10)18-17-19-14(9-24-17)8-22-16(21)15-11(2)20-23-12(15)3/h4-7,9H,8H2,1-3H3,(H,18,19). The van der Waals surface area contributed by atoms with Crippen molar-refractivity contribution in [2.24, 2.45) is 0 Å². The zero-order valence-electron chi connectivity index (χ0n) is 13.6. The molecular formula is C17H17N3O3S. The van der Waals surface area contributed by atoms with Gasteiger partial charge < -0.3 is 14.6 Å². The van der Waals surface area contributed by atoms with Crippen molar-refractivity contribution >= 4 is 28.1 Å². The van der Waals surface area contributed by atoms with Crippen molar-refractivity contribution in [3.05, 3.63) is 57.9 Å². The predicted octanol–water partition coefficient (Wildman–Crippen LogP) is 4.16. The molecule has 0 saturated heterocycles. The zero-order chi connectivity index (χ0) is 17.1. The second kappa shape index (κ2) is 6.84. The molecule has 0 aliphatic rings. The predicted molar refractivity (Wildman–Crippen MR) is 91.7 cm³/mol. The fourth-order valence-electron chi connectivity index (χ4n) is 2.18. The van der Waals surface area contributed by atoms with E-state index in [-0.39, 0.29) is 6.61 Å². The first-order valence-electron chi connectivity index (χ1n) is 7.41. The van der Waals surface area contributed by atoms with Crippen molar-refractivity contribution in [3.8, 4) is 0 Å². The maximum absolute atomic E-state index is 12.1. The molecule has 124 valence electrons. The van der Waals surface area contributed by atoms with Crippen molar-refractivity contribution in [2.45, 2.75) is 27.4 Å². The molecule has 2 heterocycles. The summed E-state index contributed by atoms with van der Waals surface area (Å²) in [6.07, 6.45) is 0. The summed E-state index contributed by atoms with van der Waals surface area (Å²) in [5.41, 5.74) is 3.76. The molecule has 1 N–H and O–H groups in total. The molecule has 6 nitrogen and oxygen atoms in total. The van der Waals surface area contributed by atoms with Crippen LogP contribution in [0.2, 0.25) is 0 Å². The second-order valence-corrected chi connectivity index (χ2v) is 6.27. The number of anilines is 2. The van der Waals surface area contributed by atoms with Gasteiger partial charge in [0.2, 0.25) is 0 Å². The number of hydrogen-bond acceptors (Lipinski definition) is 7. The third-order valence-corrected chi connectivity index (χ3v) is 4.25. The number of aromatic nitrogens is 2. The first-order valence-corrected chi connectivity index (χ1v) is 8.29. The highest BCUT2D eigenvalue weighted by atomic mass is 32.1. The molecular weight excluding hydrogens is 326 g/mol. The number of ether oxygens (including phenoxy) is 1. The maximum Gasteiger partial charge on any atom is 0.344 e. The molecule has 0 unspecified atom stereocenters. The van der Waals surface area contributed by atoms with E-state index in [2.05, 4.69) is 15.5 Å². The molecule has 3 aromatic rings. The SMILES string of the molecule is Cc1ccc(Nc2nc(COC(=O)c3c(C)noc3C)cs2)cc1. The molecule has 0 atom stereocenters. The Balaban J connectivity index is 1.60. The number of carbonyl (C=O) groups is 1. The van der Waals surface area contributed by atoms with E-state index in [1.807, 2.05) is 36.6 Å². The summed E-state index contributed by atoms with van der Waals surface area (Å²) in [6, 6.07) is 8.05. The highest BCUT2D eigenvalue weighted by Gasteiger charge is 2.19. The Hall–Kier alpha value is -2.67. The lowest BCUT2D eigenvalue weighted by atomic mass is 10.2. The first kappa shape index (κ1) is 16.2. The van der Waals surface area contributed by atoms with Gasteiger partial charge in [0.1, 0.15) is 17.9 Å². The molecule has 0 fully saturated rings. The van der Waals surface area contributed by atoms with E-state index in [0.717, 1.165) is 10.8 Å². The number of thiazole rings is 1. The van der Waals surface area contributed by atoms with Crippen LogP contribution in [0, 0.1) is 20.8 Å². The van der Waals surface area contributed by atoms with Crippen LogP contribution in [0.15, 0.2) is 34.2 Å². The van der Waals surface area contributed by atoms with E-state index in [4.69, 9.17) is 9.26 Å². The fourth-order valence-corrected chi connectivity index (χ4v) is 2.89. The van der Waals surface area contributed by atoms with Crippen LogP contribution >= 0.6 is 11.3 Å². The molecule has 0 radical (unpaired) electrons. The van der Waals surface area contributed by atoms with Crippen LogP contribution in [0.4, 0.5) is 10.8 Å². The molecule has 3 rings (SSSR count). The number of hydrogen-bond donors (Lipinski definition) is 1. The average molecular weight is 343 g/mol. The lowest BCUT2D eigenvalue weighted by Crippen LogP contribution is -2.07. The van der Waals surface area contributed by atoms with Gasteiger partial charge >= 0.3 is 5.97 Å². The van der Waals surface area contributed by atoms with Gasteiger partial charge in [-0.3, -0.25) is 0 Å². The molecule has 0 aliphatic heterocycles. The second-order valence-electron chi connectivity index (χ2n) is 5.41. The smallest absolute Gasteiger partial charge is 0.344 e. The van der Waals surface area contributed by atoms with Gasteiger partial charge in [-0.1, -0.05) is 22.9 Å².